The molecular weight excluding hydrogens is 206 g/mol. The Bertz CT molecular complexity index is 226. The van der Waals surface area contributed by atoms with E-state index in [-0.39, 0.29) is 24.7 Å². The van der Waals surface area contributed by atoms with Gasteiger partial charge in [-0.1, -0.05) is 13.8 Å². The van der Waals surface area contributed by atoms with Crippen molar-refractivity contribution in [1.82, 2.24) is 4.90 Å². The van der Waals surface area contributed by atoms with Crippen molar-refractivity contribution in [2.24, 2.45) is 5.92 Å². The molecule has 0 bridgehead atoms. The minimum atomic E-state index is -0.330. The number of hydrogen-bond acceptors (Lipinski definition) is 3. The summed E-state index contributed by atoms with van der Waals surface area (Å²) >= 11 is 0. The Labute approximate surface area is 98.0 Å². The van der Waals surface area contributed by atoms with Crippen molar-refractivity contribution < 1.29 is 14.3 Å². The second-order valence-corrected chi connectivity index (χ2v) is 4.43. The van der Waals surface area contributed by atoms with E-state index >= 15 is 0 Å². The third-order valence-electron chi connectivity index (χ3n) is 2.47. The summed E-state index contributed by atoms with van der Waals surface area (Å²) < 4.78 is 4.48. The number of esters is 1. The van der Waals surface area contributed by atoms with Crippen molar-refractivity contribution >= 4 is 11.9 Å². The summed E-state index contributed by atoms with van der Waals surface area (Å²) in [5, 5.41) is 0. The minimum Gasteiger partial charge on any atom is -0.469 e. The maximum Gasteiger partial charge on any atom is 0.306 e. The molecule has 0 aromatic carbocycles. The number of carbonyl (C=O) groups excluding carboxylic acids is 2. The SMILES string of the molecule is COC(=O)CCC(=O)N(C)CCCC(C)C. The normalized spacial score (nSPS) is 10.3. The lowest BCUT2D eigenvalue weighted by molar-refractivity contribution is -0.143. The number of nitrogens with zero attached hydrogens (tertiary/aromatic N) is 1. The maximum atomic E-state index is 11.6. The van der Waals surface area contributed by atoms with E-state index in [2.05, 4.69) is 18.6 Å². The standard InChI is InChI=1S/C12H23NO3/c1-10(2)6-5-9-13(3)11(14)7-8-12(15)16-4/h10H,5-9H2,1-4H3. The van der Waals surface area contributed by atoms with E-state index in [1.165, 1.54) is 7.11 Å². The summed E-state index contributed by atoms with van der Waals surface area (Å²) in [7, 11) is 3.11. The fourth-order valence-electron chi connectivity index (χ4n) is 1.36. The van der Waals surface area contributed by atoms with Crippen molar-refractivity contribution in [2.45, 2.75) is 39.5 Å². The number of methoxy groups -OCH3 is 1. The van der Waals surface area contributed by atoms with Gasteiger partial charge in [0.1, 0.15) is 0 Å². The molecule has 0 rings (SSSR count). The van der Waals surface area contributed by atoms with Crippen molar-refractivity contribution in [3.8, 4) is 0 Å². The van der Waals surface area contributed by atoms with Crippen LogP contribution in [0.1, 0.15) is 39.5 Å². The summed E-state index contributed by atoms with van der Waals surface area (Å²) in [4.78, 5) is 24.1. The molecule has 0 N–H and O–H groups in total. The van der Waals surface area contributed by atoms with Crippen molar-refractivity contribution in [3.63, 3.8) is 0 Å². The molecule has 0 fully saturated rings. The first kappa shape index (κ1) is 14.9. The lowest BCUT2D eigenvalue weighted by atomic mass is 10.1. The molecule has 0 spiro atoms. The lowest BCUT2D eigenvalue weighted by Gasteiger charge is -2.17. The predicted molar refractivity (Wildman–Crippen MR) is 63.0 cm³/mol. The number of rotatable bonds is 7. The average Bonchev–Trinajstić information content (AvgIpc) is 2.24. The van der Waals surface area contributed by atoms with E-state index in [0.717, 1.165) is 19.4 Å². The summed E-state index contributed by atoms with van der Waals surface area (Å²) in [5.41, 5.74) is 0. The van der Waals surface area contributed by atoms with Gasteiger partial charge in [0.25, 0.3) is 0 Å². The van der Waals surface area contributed by atoms with Crippen LogP contribution in [0.5, 0.6) is 0 Å². The zero-order valence-electron chi connectivity index (χ0n) is 10.8. The van der Waals surface area contributed by atoms with Crippen LogP contribution in [0.4, 0.5) is 0 Å². The summed E-state index contributed by atoms with van der Waals surface area (Å²) in [6, 6.07) is 0. The molecule has 0 heterocycles. The van der Waals surface area contributed by atoms with Gasteiger partial charge in [0.05, 0.1) is 13.5 Å². The Hall–Kier alpha value is -1.06. The van der Waals surface area contributed by atoms with E-state index in [1.54, 1.807) is 11.9 Å². The Morgan fingerprint density at radius 2 is 1.88 bits per heavy atom. The summed E-state index contributed by atoms with van der Waals surface area (Å²) in [6.07, 6.45) is 2.54. The Balaban J connectivity index is 3.69. The third kappa shape index (κ3) is 7.26. The zero-order chi connectivity index (χ0) is 12.6. The monoisotopic (exact) mass is 229 g/mol. The minimum absolute atomic E-state index is 0.00848. The first-order chi connectivity index (χ1) is 7.47. The predicted octanol–water partition coefficient (Wildman–Crippen LogP) is 1.83. The molecule has 0 aliphatic carbocycles. The molecule has 4 heteroatoms. The number of ether oxygens (including phenoxy) is 1. The molecule has 0 aliphatic heterocycles. The van der Waals surface area contributed by atoms with Crippen molar-refractivity contribution in [3.05, 3.63) is 0 Å². The van der Waals surface area contributed by atoms with E-state index in [1.807, 2.05) is 0 Å². The highest BCUT2D eigenvalue weighted by Gasteiger charge is 2.11. The lowest BCUT2D eigenvalue weighted by Crippen LogP contribution is -2.28. The van der Waals surface area contributed by atoms with Gasteiger partial charge in [0, 0.05) is 20.0 Å². The number of carbonyl (C=O) groups is 2. The topological polar surface area (TPSA) is 46.6 Å². The van der Waals surface area contributed by atoms with Crippen LogP contribution in [0, 0.1) is 5.92 Å². The van der Waals surface area contributed by atoms with Crippen LogP contribution < -0.4 is 0 Å². The summed E-state index contributed by atoms with van der Waals surface area (Å²) in [6.45, 7) is 5.09. The van der Waals surface area contributed by atoms with Gasteiger partial charge in [0.2, 0.25) is 5.91 Å². The zero-order valence-corrected chi connectivity index (χ0v) is 10.8. The van der Waals surface area contributed by atoms with Gasteiger partial charge in [-0.15, -0.1) is 0 Å². The molecule has 4 nitrogen and oxygen atoms in total. The molecule has 16 heavy (non-hydrogen) atoms. The molecular formula is C12H23NO3. The summed E-state index contributed by atoms with van der Waals surface area (Å²) in [5.74, 6) is 0.344. The van der Waals surface area contributed by atoms with Gasteiger partial charge < -0.3 is 9.64 Å². The van der Waals surface area contributed by atoms with E-state index in [4.69, 9.17) is 0 Å². The van der Waals surface area contributed by atoms with Gasteiger partial charge in [-0.05, 0) is 18.8 Å². The smallest absolute Gasteiger partial charge is 0.306 e. The molecule has 0 aromatic heterocycles. The molecule has 0 aliphatic rings. The fraction of sp³-hybridized carbons (Fsp3) is 0.833. The van der Waals surface area contributed by atoms with Crippen LogP contribution in [0.2, 0.25) is 0 Å². The van der Waals surface area contributed by atoms with E-state index in [9.17, 15) is 9.59 Å². The van der Waals surface area contributed by atoms with Crippen LogP contribution in [0.25, 0.3) is 0 Å². The van der Waals surface area contributed by atoms with Crippen molar-refractivity contribution in [2.75, 3.05) is 20.7 Å². The second-order valence-electron chi connectivity index (χ2n) is 4.43. The van der Waals surface area contributed by atoms with E-state index in [0.29, 0.717) is 5.92 Å². The second kappa shape index (κ2) is 8.13. The number of hydrogen-bond donors (Lipinski definition) is 0. The van der Waals surface area contributed by atoms with Gasteiger partial charge in [-0.2, -0.15) is 0 Å². The van der Waals surface area contributed by atoms with Crippen LogP contribution >= 0.6 is 0 Å². The van der Waals surface area contributed by atoms with E-state index < -0.39 is 0 Å². The molecule has 1 amide bonds. The highest BCUT2D eigenvalue weighted by Crippen LogP contribution is 2.05. The van der Waals surface area contributed by atoms with Gasteiger partial charge in [-0.3, -0.25) is 9.59 Å². The fourth-order valence-corrected chi connectivity index (χ4v) is 1.36. The first-order valence-corrected chi connectivity index (χ1v) is 5.78. The van der Waals surface area contributed by atoms with Gasteiger partial charge in [0.15, 0.2) is 0 Å². The molecule has 0 atom stereocenters. The molecule has 0 unspecified atom stereocenters. The average molecular weight is 229 g/mol. The quantitative estimate of drug-likeness (QED) is 0.626. The van der Waals surface area contributed by atoms with Crippen LogP contribution in [0.3, 0.4) is 0 Å². The highest BCUT2D eigenvalue weighted by atomic mass is 16.5. The molecule has 0 aromatic rings. The van der Waals surface area contributed by atoms with Crippen LogP contribution in [-0.2, 0) is 14.3 Å². The van der Waals surface area contributed by atoms with Crippen LogP contribution in [0.15, 0.2) is 0 Å². The third-order valence-corrected chi connectivity index (χ3v) is 2.47. The Kier molecular flexibility index (Phi) is 7.60. The molecule has 0 saturated heterocycles. The van der Waals surface area contributed by atoms with Crippen molar-refractivity contribution in [1.29, 1.82) is 0 Å². The Morgan fingerprint density at radius 3 is 2.38 bits per heavy atom. The van der Waals surface area contributed by atoms with Crippen LogP contribution in [-0.4, -0.2) is 37.5 Å². The largest absolute Gasteiger partial charge is 0.469 e. The molecule has 0 radical (unpaired) electrons. The molecule has 0 saturated carbocycles. The Morgan fingerprint density at radius 1 is 1.25 bits per heavy atom. The number of amides is 1. The first-order valence-electron chi connectivity index (χ1n) is 5.78. The molecule has 94 valence electrons. The van der Waals surface area contributed by atoms with Gasteiger partial charge >= 0.3 is 5.97 Å². The van der Waals surface area contributed by atoms with Gasteiger partial charge in [-0.25, -0.2) is 0 Å². The highest BCUT2D eigenvalue weighted by molar-refractivity contribution is 5.81. The maximum absolute atomic E-state index is 11.6.